The number of amides is 1. The van der Waals surface area contributed by atoms with Crippen LogP contribution >= 0.6 is 0 Å². The van der Waals surface area contributed by atoms with Gasteiger partial charge in [-0.25, -0.2) is 14.3 Å². The number of rotatable bonds is 4. The van der Waals surface area contributed by atoms with Gasteiger partial charge in [-0.2, -0.15) is 10.2 Å². The van der Waals surface area contributed by atoms with Crippen LogP contribution in [0.1, 0.15) is 40.5 Å². The summed E-state index contributed by atoms with van der Waals surface area (Å²) < 4.78 is 15.4. The summed E-state index contributed by atoms with van der Waals surface area (Å²) >= 11 is 0. The van der Waals surface area contributed by atoms with E-state index in [0.717, 1.165) is 16.8 Å². The van der Waals surface area contributed by atoms with Crippen molar-refractivity contribution in [3.8, 4) is 17.1 Å². The molecule has 160 valence electrons. The van der Waals surface area contributed by atoms with Gasteiger partial charge in [-0.05, 0) is 33.8 Å². The summed E-state index contributed by atoms with van der Waals surface area (Å²) in [7, 11) is 3.61. The molecule has 9 heteroatoms. The Balaban J connectivity index is 1.48. The van der Waals surface area contributed by atoms with Gasteiger partial charge in [-0.1, -0.05) is 0 Å². The Morgan fingerprint density at radius 1 is 1.27 bits per heavy atom. The lowest BCUT2D eigenvalue weighted by atomic mass is 9.79. The number of hydrogen-bond donors (Lipinski definition) is 0. The van der Waals surface area contributed by atoms with E-state index in [1.807, 2.05) is 53.2 Å². The zero-order valence-electron chi connectivity index (χ0n) is 18.3. The first kappa shape index (κ1) is 20.2. The molecule has 1 aliphatic rings. The van der Waals surface area contributed by atoms with E-state index in [4.69, 9.17) is 14.5 Å². The molecule has 9 nitrogen and oxygen atoms in total. The molecular weight excluding hydrogens is 384 g/mol. The highest BCUT2D eigenvalue weighted by Crippen LogP contribution is 2.39. The average molecular weight is 412 g/mol. The van der Waals surface area contributed by atoms with E-state index in [0.29, 0.717) is 18.7 Å². The van der Waals surface area contributed by atoms with Gasteiger partial charge in [0.05, 0.1) is 24.3 Å². The monoisotopic (exact) mass is 412 g/mol. The summed E-state index contributed by atoms with van der Waals surface area (Å²) in [6.45, 7) is 7.93. The molecule has 1 fully saturated rings. The third-order valence-electron chi connectivity index (χ3n) is 5.57. The van der Waals surface area contributed by atoms with Crippen LogP contribution in [-0.4, -0.2) is 59.7 Å². The van der Waals surface area contributed by atoms with Crippen molar-refractivity contribution in [2.24, 2.45) is 7.05 Å². The molecule has 1 saturated carbocycles. The van der Waals surface area contributed by atoms with Gasteiger partial charge >= 0.3 is 6.09 Å². The predicted octanol–water partition coefficient (Wildman–Crippen LogP) is 3.30. The van der Waals surface area contributed by atoms with Crippen LogP contribution in [0.2, 0.25) is 0 Å². The molecule has 0 saturated heterocycles. The van der Waals surface area contributed by atoms with Crippen molar-refractivity contribution in [2.45, 2.75) is 57.8 Å². The van der Waals surface area contributed by atoms with E-state index in [2.05, 4.69) is 10.2 Å². The number of hydrogen-bond acceptors (Lipinski definition) is 6. The second-order valence-electron chi connectivity index (χ2n) is 9.19. The molecule has 4 rings (SSSR count). The van der Waals surface area contributed by atoms with Crippen molar-refractivity contribution in [1.82, 2.24) is 29.3 Å². The maximum atomic E-state index is 12.3. The fourth-order valence-corrected chi connectivity index (χ4v) is 3.46. The molecule has 1 aliphatic carbocycles. The smallest absolute Gasteiger partial charge is 0.410 e. The van der Waals surface area contributed by atoms with Crippen molar-refractivity contribution < 1.29 is 14.3 Å². The first-order valence-electron chi connectivity index (χ1n) is 10.0. The van der Waals surface area contributed by atoms with Crippen LogP contribution in [0.25, 0.3) is 16.8 Å². The largest absolute Gasteiger partial charge is 0.470 e. The van der Waals surface area contributed by atoms with Crippen molar-refractivity contribution in [2.75, 3.05) is 7.05 Å². The molecule has 30 heavy (non-hydrogen) atoms. The van der Waals surface area contributed by atoms with Crippen LogP contribution in [0.4, 0.5) is 4.79 Å². The van der Waals surface area contributed by atoms with Gasteiger partial charge in [-0.3, -0.25) is 4.68 Å². The number of ether oxygens (including phenoxy) is 2. The fourth-order valence-electron chi connectivity index (χ4n) is 3.46. The Morgan fingerprint density at radius 3 is 2.63 bits per heavy atom. The summed E-state index contributed by atoms with van der Waals surface area (Å²) in [6, 6.07) is 1.87. The number of aryl methyl sites for hydroxylation is 1. The van der Waals surface area contributed by atoms with E-state index < -0.39 is 5.60 Å². The molecule has 0 N–H and O–H groups in total. The maximum Gasteiger partial charge on any atom is 0.410 e. The molecule has 0 bridgehead atoms. The highest BCUT2D eigenvalue weighted by molar-refractivity contribution is 5.68. The maximum absolute atomic E-state index is 12.3. The van der Waals surface area contributed by atoms with E-state index in [9.17, 15) is 4.79 Å². The van der Waals surface area contributed by atoms with Crippen molar-refractivity contribution >= 4 is 11.6 Å². The van der Waals surface area contributed by atoms with Gasteiger partial charge in [0.15, 0.2) is 0 Å². The number of carbonyl (C=O) groups is 1. The number of carbonyl (C=O) groups excluding carboxylic acids is 1. The molecule has 0 aromatic carbocycles. The topological polar surface area (TPSA) is 86.8 Å². The van der Waals surface area contributed by atoms with Gasteiger partial charge < -0.3 is 14.4 Å². The lowest BCUT2D eigenvalue weighted by molar-refractivity contribution is -0.0951. The molecule has 3 aromatic heterocycles. The third-order valence-corrected chi connectivity index (χ3v) is 5.57. The van der Waals surface area contributed by atoms with Crippen LogP contribution in [0.3, 0.4) is 0 Å². The molecular formula is C21H28N6O3. The summed E-state index contributed by atoms with van der Waals surface area (Å²) in [5.74, 6) is 0.507. The van der Waals surface area contributed by atoms with Crippen molar-refractivity contribution in [1.29, 1.82) is 0 Å². The molecule has 0 radical (unpaired) electrons. The first-order chi connectivity index (χ1) is 14.0. The zero-order chi connectivity index (χ0) is 21.7. The predicted molar refractivity (Wildman–Crippen MR) is 111 cm³/mol. The van der Waals surface area contributed by atoms with Crippen molar-refractivity contribution in [3.63, 3.8) is 0 Å². The third kappa shape index (κ3) is 3.83. The van der Waals surface area contributed by atoms with Crippen LogP contribution in [-0.2, 0) is 11.8 Å². The molecule has 0 spiro atoms. The minimum atomic E-state index is -0.462. The van der Waals surface area contributed by atoms with Crippen molar-refractivity contribution in [3.05, 3.63) is 30.9 Å². The second kappa shape index (κ2) is 7.00. The normalized spacial score (nSPS) is 21.3. The average Bonchev–Trinajstić information content (AvgIpc) is 3.27. The SMILES string of the molecule is CN(C(=O)OC1CC(C)(Oc2nc(-c3cnn(C)c3)cn3nccc23)C1)C(C)(C)C. The van der Waals surface area contributed by atoms with Gasteiger partial charge in [0.2, 0.25) is 5.88 Å². The van der Waals surface area contributed by atoms with Crippen LogP contribution in [0.15, 0.2) is 30.9 Å². The van der Waals surface area contributed by atoms with Crippen LogP contribution in [0.5, 0.6) is 5.88 Å². The Kier molecular flexibility index (Phi) is 4.71. The Labute approximate surface area is 175 Å². The Bertz CT molecular complexity index is 1070. The number of fused-ring (bicyclic) bond motifs is 1. The van der Waals surface area contributed by atoms with E-state index in [1.165, 1.54) is 0 Å². The molecule has 3 aromatic rings. The number of nitrogens with zero attached hydrogens (tertiary/aromatic N) is 6. The lowest BCUT2D eigenvalue weighted by Gasteiger charge is -2.44. The first-order valence-corrected chi connectivity index (χ1v) is 10.0. The summed E-state index contributed by atoms with van der Waals surface area (Å²) in [5, 5.41) is 8.55. The summed E-state index contributed by atoms with van der Waals surface area (Å²) in [5.41, 5.74) is 1.65. The minimum absolute atomic E-state index is 0.172. The zero-order valence-corrected chi connectivity index (χ0v) is 18.3. The minimum Gasteiger partial charge on any atom is -0.470 e. The van der Waals surface area contributed by atoms with E-state index in [1.54, 1.807) is 33.5 Å². The fraction of sp³-hybridized carbons (Fsp3) is 0.524. The van der Waals surface area contributed by atoms with E-state index in [-0.39, 0.29) is 17.7 Å². The quantitative estimate of drug-likeness (QED) is 0.653. The summed E-state index contributed by atoms with van der Waals surface area (Å²) in [6.07, 6.45) is 7.95. The second-order valence-corrected chi connectivity index (χ2v) is 9.19. The molecule has 0 atom stereocenters. The standard InChI is InChI=1S/C21H28N6O3/c1-20(2,3)26(6)19(28)29-15-9-21(4,10-15)30-18-17-7-8-22-27(17)13-16(24-18)14-11-23-25(5)12-14/h7-8,11-13,15H,9-10H2,1-6H3. The number of aromatic nitrogens is 5. The van der Waals surface area contributed by atoms with Gasteiger partial charge in [0, 0.05) is 44.2 Å². The Hall–Kier alpha value is -3.10. The van der Waals surface area contributed by atoms with Crippen LogP contribution in [0, 0.1) is 0 Å². The molecule has 0 unspecified atom stereocenters. The molecule has 0 aliphatic heterocycles. The van der Waals surface area contributed by atoms with E-state index >= 15 is 0 Å². The molecule has 1 amide bonds. The lowest BCUT2D eigenvalue weighted by Crippen LogP contribution is -2.53. The van der Waals surface area contributed by atoms with Gasteiger partial charge in [0.1, 0.15) is 17.2 Å². The molecule has 3 heterocycles. The van der Waals surface area contributed by atoms with Crippen LogP contribution < -0.4 is 4.74 Å². The summed E-state index contributed by atoms with van der Waals surface area (Å²) in [4.78, 5) is 18.7. The highest BCUT2D eigenvalue weighted by atomic mass is 16.6. The Morgan fingerprint density at radius 2 is 2.00 bits per heavy atom. The van der Waals surface area contributed by atoms with Gasteiger partial charge in [-0.15, -0.1) is 0 Å². The van der Waals surface area contributed by atoms with Gasteiger partial charge in [0.25, 0.3) is 0 Å². The highest BCUT2D eigenvalue weighted by Gasteiger charge is 2.46.